The summed E-state index contributed by atoms with van der Waals surface area (Å²) in [7, 11) is 0. The lowest BCUT2D eigenvalue weighted by Gasteiger charge is -2.32. The van der Waals surface area contributed by atoms with Crippen LogP contribution < -0.4 is 9.80 Å². The van der Waals surface area contributed by atoms with Crippen molar-refractivity contribution in [2.24, 2.45) is 0 Å². The first kappa shape index (κ1) is 19.5. The number of nitrogens with zero attached hydrogens (tertiary/aromatic N) is 4. The van der Waals surface area contributed by atoms with Crippen LogP contribution >= 0.6 is 0 Å². The second kappa shape index (κ2) is 8.36. The molecule has 0 spiro atoms. The van der Waals surface area contributed by atoms with Crippen molar-refractivity contribution >= 4 is 17.4 Å². The van der Waals surface area contributed by atoms with Crippen LogP contribution in [0.15, 0.2) is 42.6 Å². The average Bonchev–Trinajstić information content (AvgIpc) is 3.53. The van der Waals surface area contributed by atoms with Gasteiger partial charge < -0.3 is 14.9 Å². The Labute approximate surface area is 178 Å². The number of likely N-dealkylation sites (tertiary alicyclic amines) is 1. The highest BCUT2D eigenvalue weighted by atomic mass is 16.3. The van der Waals surface area contributed by atoms with E-state index in [1.54, 1.807) is 6.20 Å². The summed E-state index contributed by atoms with van der Waals surface area (Å²) in [6.07, 6.45) is 7.23. The van der Waals surface area contributed by atoms with E-state index in [2.05, 4.69) is 20.9 Å². The Bertz CT molecular complexity index is 900. The quantitative estimate of drug-likeness (QED) is 0.827. The summed E-state index contributed by atoms with van der Waals surface area (Å²) in [5, 5.41) is 9.62. The highest BCUT2D eigenvalue weighted by Crippen LogP contribution is 2.30. The van der Waals surface area contributed by atoms with Crippen LogP contribution in [0.4, 0.5) is 11.5 Å². The molecular weight excluding hydrogens is 376 g/mol. The van der Waals surface area contributed by atoms with E-state index in [0.29, 0.717) is 17.6 Å². The van der Waals surface area contributed by atoms with Gasteiger partial charge in [-0.2, -0.15) is 0 Å². The summed E-state index contributed by atoms with van der Waals surface area (Å²) in [5.74, 6) is 0.982. The van der Waals surface area contributed by atoms with Gasteiger partial charge in [0.1, 0.15) is 5.82 Å². The Balaban J connectivity index is 1.28. The van der Waals surface area contributed by atoms with E-state index in [1.165, 1.54) is 12.0 Å². The second-order valence-electron chi connectivity index (χ2n) is 8.70. The number of aliphatic hydroxyl groups excluding tert-OH is 1. The van der Waals surface area contributed by atoms with Crippen LogP contribution in [-0.4, -0.2) is 65.8 Å². The number of carbonyl (C=O) groups excluding carboxylic acids is 1. The van der Waals surface area contributed by atoms with Crippen molar-refractivity contribution in [3.05, 3.63) is 53.7 Å². The smallest absolute Gasteiger partial charge is 0.259 e. The molecule has 1 N–H and O–H groups in total. The van der Waals surface area contributed by atoms with Crippen molar-refractivity contribution in [2.75, 3.05) is 42.6 Å². The third-order valence-electron chi connectivity index (χ3n) is 6.95. The van der Waals surface area contributed by atoms with E-state index in [1.807, 2.05) is 35.2 Å². The molecule has 0 saturated carbocycles. The predicted molar refractivity (Wildman–Crippen MR) is 118 cm³/mol. The number of anilines is 2. The molecule has 2 aromatic rings. The lowest BCUT2D eigenvalue weighted by Crippen LogP contribution is -2.43. The zero-order valence-corrected chi connectivity index (χ0v) is 17.4. The number of pyridine rings is 1. The number of fused-ring (bicyclic) bond motifs is 1. The van der Waals surface area contributed by atoms with Gasteiger partial charge in [0.25, 0.3) is 5.91 Å². The Hall–Kier alpha value is -2.44. The highest BCUT2D eigenvalue weighted by Gasteiger charge is 2.32. The van der Waals surface area contributed by atoms with Crippen LogP contribution in [0, 0.1) is 0 Å². The van der Waals surface area contributed by atoms with Crippen molar-refractivity contribution in [1.82, 2.24) is 9.88 Å². The molecule has 6 heteroatoms. The van der Waals surface area contributed by atoms with Crippen LogP contribution in [0.2, 0.25) is 0 Å². The molecule has 2 saturated heterocycles. The van der Waals surface area contributed by atoms with Crippen molar-refractivity contribution in [3.8, 4) is 0 Å². The Morgan fingerprint density at radius 3 is 2.70 bits per heavy atom. The summed E-state index contributed by atoms with van der Waals surface area (Å²) in [6.45, 7) is 4.05. The minimum atomic E-state index is 0.0276. The highest BCUT2D eigenvalue weighted by molar-refractivity contribution is 6.07. The fraction of sp³-hybridized carbons (Fsp3) is 0.500. The van der Waals surface area contributed by atoms with Crippen molar-refractivity contribution in [3.63, 3.8) is 0 Å². The number of aliphatic hydroxyl groups is 1. The number of amides is 1. The largest absolute Gasteiger partial charge is 0.395 e. The normalized spacial score (nSPS) is 23.9. The fourth-order valence-electron chi connectivity index (χ4n) is 5.33. The first-order chi connectivity index (χ1) is 14.7. The molecule has 6 nitrogen and oxygen atoms in total. The van der Waals surface area contributed by atoms with Gasteiger partial charge in [0.15, 0.2) is 0 Å². The minimum absolute atomic E-state index is 0.0276. The Morgan fingerprint density at radius 1 is 1.03 bits per heavy atom. The summed E-state index contributed by atoms with van der Waals surface area (Å²) >= 11 is 0. The van der Waals surface area contributed by atoms with Gasteiger partial charge in [-0.1, -0.05) is 18.2 Å². The molecule has 2 atom stereocenters. The van der Waals surface area contributed by atoms with E-state index >= 15 is 0 Å². The topological polar surface area (TPSA) is 59.9 Å². The third kappa shape index (κ3) is 3.59. The number of hydrogen-bond donors (Lipinski definition) is 1. The first-order valence-corrected chi connectivity index (χ1v) is 11.2. The number of para-hydroxylation sites is 1. The maximum atomic E-state index is 13.0. The molecular formula is C24H30N4O2. The number of benzene rings is 1. The third-order valence-corrected chi connectivity index (χ3v) is 6.95. The molecule has 2 fully saturated rings. The van der Waals surface area contributed by atoms with Crippen molar-refractivity contribution in [2.45, 2.75) is 44.2 Å². The van der Waals surface area contributed by atoms with E-state index in [9.17, 15) is 9.90 Å². The molecule has 30 heavy (non-hydrogen) atoms. The van der Waals surface area contributed by atoms with Gasteiger partial charge >= 0.3 is 0 Å². The molecule has 4 heterocycles. The molecule has 0 bridgehead atoms. The SMILES string of the molecule is O=C(c1ccc(N2CCCC2CN2CCCC2CO)nc1)N1CCc2ccccc21. The van der Waals surface area contributed by atoms with Crippen molar-refractivity contribution < 1.29 is 9.90 Å². The minimum Gasteiger partial charge on any atom is -0.395 e. The Kier molecular flexibility index (Phi) is 5.44. The zero-order chi connectivity index (χ0) is 20.5. The van der Waals surface area contributed by atoms with Crippen molar-refractivity contribution in [1.29, 1.82) is 0 Å². The molecule has 1 aromatic carbocycles. The summed E-state index contributed by atoms with van der Waals surface area (Å²) in [6, 6.07) is 12.8. The van der Waals surface area contributed by atoms with E-state index in [4.69, 9.17) is 0 Å². The average molecular weight is 407 g/mol. The first-order valence-electron chi connectivity index (χ1n) is 11.2. The standard InChI is InChI=1S/C24H30N4O2/c29-17-21-7-3-12-26(21)16-20-6-4-13-27(20)23-10-9-19(15-25-23)24(30)28-14-11-18-5-1-2-8-22(18)28/h1-2,5,8-10,15,20-21,29H,3-4,6-7,11-14,16-17H2. The van der Waals surface area contributed by atoms with Crippen LogP contribution in [0.5, 0.6) is 0 Å². The van der Waals surface area contributed by atoms with E-state index in [-0.39, 0.29) is 12.5 Å². The van der Waals surface area contributed by atoms with Gasteiger partial charge in [0.05, 0.1) is 12.2 Å². The summed E-state index contributed by atoms with van der Waals surface area (Å²) in [4.78, 5) is 24.4. The maximum absolute atomic E-state index is 13.0. The lowest BCUT2D eigenvalue weighted by molar-refractivity contribution is 0.0989. The summed E-state index contributed by atoms with van der Waals surface area (Å²) in [5.41, 5.74) is 2.90. The van der Waals surface area contributed by atoms with Gasteiger partial charge in [-0.15, -0.1) is 0 Å². The van der Waals surface area contributed by atoms with Gasteiger partial charge in [0, 0.05) is 43.6 Å². The fourth-order valence-corrected chi connectivity index (χ4v) is 5.33. The molecule has 1 amide bonds. The second-order valence-corrected chi connectivity index (χ2v) is 8.70. The lowest BCUT2D eigenvalue weighted by atomic mass is 10.1. The molecule has 0 aliphatic carbocycles. The predicted octanol–water partition coefficient (Wildman–Crippen LogP) is 2.71. The van der Waals surface area contributed by atoms with E-state index in [0.717, 1.165) is 63.4 Å². The van der Waals surface area contributed by atoms with E-state index < -0.39 is 0 Å². The molecule has 1 aromatic heterocycles. The molecule has 2 unspecified atom stereocenters. The summed E-state index contributed by atoms with van der Waals surface area (Å²) < 4.78 is 0. The zero-order valence-electron chi connectivity index (χ0n) is 17.4. The van der Waals surface area contributed by atoms with Gasteiger partial charge in [-0.3, -0.25) is 9.69 Å². The molecule has 3 aliphatic rings. The van der Waals surface area contributed by atoms with Gasteiger partial charge in [0.2, 0.25) is 0 Å². The molecule has 5 rings (SSSR count). The van der Waals surface area contributed by atoms with Crippen LogP contribution in [0.3, 0.4) is 0 Å². The Morgan fingerprint density at radius 2 is 1.87 bits per heavy atom. The number of carbonyl (C=O) groups is 1. The van der Waals surface area contributed by atoms with Gasteiger partial charge in [-0.25, -0.2) is 4.98 Å². The number of hydrogen-bond acceptors (Lipinski definition) is 5. The van der Waals surface area contributed by atoms with Crippen LogP contribution in [0.1, 0.15) is 41.6 Å². The van der Waals surface area contributed by atoms with Gasteiger partial charge in [-0.05, 0) is 62.4 Å². The maximum Gasteiger partial charge on any atom is 0.259 e. The molecule has 158 valence electrons. The molecule has 3 aliphatic heterocycles. The number of aromatic nitrogens is 1. The van der Waals surface area contributed by atoms with Crippen LogP contribution in [-0.2, 0) is 6.42 Å². The number of rotatable bonds is 5. The molecule has 0 radical (unpaired) electrons. The van der Waals surface area contributed by atoms with Crippen LogP contribution in [0.25, 0.3) is 0 Å². The monoisotopic (exact) mass is 406 g/mol.